The first-order chi connectivity index (χ1) is 32.9. The first kappa shape index (κ1) is 59.0. The van der Waals surface area contributed by atoms with E-state index in [0.717, 1.165) is 5.56 Å². The Morgan fingerprint density at radius 3 is 2.04 bits per heavy atom. The fraction of sp³-hybridized carbons (Fsp3) is 0.542. The first-order valence-corrected chi connectivity index (χ1v) is 23.2. The summed E-state index contributed by atoms with van der Waals surface area (Å²) in [5.74, 6) is -11.0. The lowest BCUT2D eigenvalue weighted by Gasteiger charge is -2.27. The Bertz CT molecular complexity index is 2120. The number of carbonyl (C=O) groups is 9. The van der Waals surface area contributed by atoms with Crippen molar-refractivity contribution in [3.05, 3.63) is 71.5 Å². The molecule has 1 saturated heterocycles. The summed E-state index contributed by atoms with van der Waals surface area (Å²) < 4.78 is 5.81. The number of guanidine groups is 1. The SMILES string of the molecule is C/C=C1/NC(=O)CC[C@H](C(=O)O)NC(=O)[C@@H](C)[C@H](/C=C/C(C)=C/[C@H](C)[C@H](Cc2ccccc2)OC)NC(=O)[C@H](CCCN=C(N)N)NC(=O)C[C@H](C(=O)O)NC(=O)[C@H](CC(C)C)NC(=O)[C@@H](C)NC1=O. The van der Waals surface area contributed by atoms with Gasteiger partial charge in [0.15, 0.2) is 5.96 Å². The number of hydrogen-bond donors (Lipinski definition) is 11. The zero-order valence-electron chi connectivity index (χ0n) is 41.2. The van der Waals surface area contributed by atoms with E-state index in [4.69, 9.17) is 16.2 Å². The van der Waals surface area contributed by atoms with Crippen LogP contribution < -0.4 is 48.7 Å². The fourth-order valence-electron chi connectivity index (χ4n) is 7.26. The second-order valence-corrected chi connectivity index (χ2v) is 17.7. The van der Waals surface area contributed by atoms with Gasteiger partial charge in [0.1, 0.15) is 35.9 Å². The van der Waals surface area contributed by atoms with Crippen LogP contribution in [0.5, 0.6) is 0 Å². The summed E-state index contributed by atoms with van der Waals surface area (Å²) in [5.41, 5.74) is 12.5. The Morgan fingerprint density at radius 2 is 1.46 bits per heavy atom. The molecule has 0 radical (unpaired) electrons. The third kappa shape index (κ3) is 21.0. The number of carbonyl (C=O) groups excluding carboxylic acids is 7. The number of carboxylic acids is 2. The Kier molecular flexibility index (Phi) is 25.1. The molecule has 0 unspecified atom stereocenters. The standard InChI is InChI=1S/C48H72N10O12/c1-9-32-43(63)52-30(7)42(62)57-36(22-26(2)3)45(65)58-37(47(68)69)25-40(60)54-34(16-13-21-51-48(49)50)44(64)55-33(29(6)41(61)56-35(46(66)67)19-20-39(59)53-32)18-17-27(4)23-28(5)38(70-8)24-31-14-11-10-12-15-31/h9-12,14-15,17-18,23,26,28-30,33-38H,13,16,19-22,24-25H2,1-8H3,(H,52,63)(H,53,59)(H,54,60)(H,55,64)(H,56,61)(H,57,62)(H,58,65)(H,66,67)(H,68,69)(H4,49,50,51)/b18-17+,27-23+,32-9+/t28-,29-,30+,33-,34-,35+,36-,37+,38-/m0/s1. The quantitative estimate of drug-likeness (QED) is 0.0373. The van der Waals surface area contributed by atoms with Crippen molar-refractivity contribution in [1.29, 1.82) is 0 Å². The van der Waals surface area contributed by atoms with Crippen molar-refractivity contribution in [2.45, 2.75) is 136 Å². The van der Waals surface area contributed by atoms with Gasteiger partial charge in [0.25, 0.3) is 5.91 Å². The van der Waals surface area contributed by atoms with Gasteiger partial charge in [-0.25, -0.2) is 9.59 Å². The molecule has 1 aliphatic rings. The lowest BCUT2D eigenvalue weighted by molar-refractivity contribution is -0.144. The number of aliphatic imine (C=N–C) groups is 1. The molecule has 9 atom stereocenters. The summed E-state index contributed by atoms with van der Waals surface area (Å²) >= 11 is 0. The molecule has 2 rings (SSSR count). The van der Waals surface area contributed by atoms with Gasteiger partial charge in [0.05, 0.1) is 24.5 Å². The molecule has 0 aliphatic carbocycles. The minimum Gasteiger partial charge on any atom is -0.480 e. The summed E-state index contributed by atoms with van der Waals surface area (Å²) in [5, 5.41) is 37.6. The van der Waals surface area contributed by atoms with E-state index in [1.54, 1.807) is 34.0 Å². The molecule has 22 heteroatoms. The van der Waals surface area contributed by atoms with Gasteiger partial charge in [0, 0.05) is 26.0 Å². The van der Waals surface area contributed by atoms with Crippen LogP contribution in [0.25, 0.3) is 0 Å². The van der Waals surface area contributed by atoms with Crippen molar-refractivity contribution >= 4 is 59.2 Å². The van der Waals surface area contributed by atoms with Crippen LogP contribution in [0.4, 0.5) is 0 Å². The van der Waals surface area contributed by atoms with E-state index in [0.29, 0.717) is 12.0 Å². The number of hydrogen-bond acceptors (Lipinski definition) is 11. The largest absolute Gasteiger partial charge is 0.480 e. The maximum Gasteiger partial charge on any atom is 0.326 e. The highest BCUT2D eigenvalue weighted by Gasteiger charge is 2.34. The number of allylic oxidation sites excluding steroid dienone is 3. The van der Waals surface area contributed by atoms with E-state index in [1.807, 2.05) is 43.3 Å². The molecular weight excluding hydrogens is 909 g/mol. The molecule has 1 aromatic rings. The maximum atomic E-state index is 14.3. The molecule has 22 nitrogen and oxygen atoms in total. The van der Waals surface area contributed by atoms with E-state index >= 15 is 0 Å². The molecule has 13 N–H and O–H groups in total. The number of nitrogens with zero attached hydrogens (tertiary/aromatic N) is 1. The number of nitrogens with two attached hydrogens (primary N) is 2. The van der Waals surface area contributed by atoms with Crippen molar-refractivity contribution < 1.29 is 58.1 Å². The smallest absolute Gasteiger partial charge is 0.326 e. The number of nitrogens with one attached hydrogen (secondary N) is 7. The van der Waals surface area contributed by atoms with Crippen LogP contribution in [0.3, 0.4) is 0 Å². The Morgan fingerprint density at radius 1 is 0.829 bits per heavy atom. The summed E-state index contributed by atoms with van der Waals surface area (Å²) in [7, 11) is 1.61. The number of carboxylic acid groups (broad SMARTS) is 2. The van der Waals surface area contributed by atoms with E-state index in [1.165, 1.54) is 32.9 Å². The van der Waals surface area contributed by atoms with E-state index in [9.17, 15) is 53.4 Å². The van der Waals surface area contributed by atoms with Gasteiger partial charge in [-0.05, 0) is 64.4 Å². The summed E-state index contributed by atoms with van der Waals surface area (Å²) in [6, 6.07) is 1.12. The van der Waals surface area contributed by atoms with Gasteiger partial charge in [-0.3, -0.25) is 38.6 Å². The van der Waals surface area contributed by atoms with Crippen molar-refractivity contribution in [1.82, 2.24) is 37.2 Å². The second-order valence-electron chi connectivity index (χ2n) is 17.7. The van der Waals surface area contributed by atoms with Crippen LogP contribution in [0.2, 0.25) is 0 Å². The van der Waals surface area contributed by atoms with Crippen LogP contribution in [0.15, 0.2) is 70.9 Å². The Hall–Kier alpha value is -7.10. The van der Waals surface area contributed by atoms with Crippen molar-refractivity contribution in [3.8, 4) is 0 Å². The van der Waals surface area contributed by atoms with Gasteiger partial charge < -0.3 is 63.6 Å². The molecule has 0 saturated carbocycles. The van der Waals surface area contributed by atoms with E-state index in [2.05, 4.69) is 42.2 Å². The normalized spacial score (nSPS) is 24.9. The third-order valence-corrected chi connectivity index (χ3v) is 11.3. The number of methoxy groups -OCH3 is 1. The Labute approximate surface area is 408 Å². The van der Waals surface area contributed by atoms with Gasteiger partial charge in [-0.2, -0.15) is 0 Å². The monoisotopic (exact) mass is 981 g/mol. The molecular formula is C48H72N10O12. The van der Waals surface area contributed by atoms with Crippen molar-refractivity contribution in [3.63, 3.8) is 0 Å². The molecule has 1 aromatic carbocycles. The summed E-state index contributed by atoms with van der Waals surface area (Å²) in [6.45, 7) is 11.5. The molecule has 1 fully saturated rings. The van der Waals surface area contributed by atoms with Crippen LogP contribution in [-0.4, -0.2) is 125 Å². The van der Waals surface area contributed by atoms with Crippen LogP contribution in [0, 0.1) is 17.8 Å². The number of rotatable bonds is 15. The van der Waals surface area contributed by atoms with Gasteiger partial charge in [0.2, 0.25) is 35.4 Å². The highest BCUT2D eigenvalue weighted by molar-refractivity contribution is 6.00. The summed E-state index contributed by atoms with van der Waals surface area (Å²) in [6.07, 6.45) is 5.07. The predicted octanol–water partition coefficient (Wildman–Crippen LogP) is 0.420. The van der Waals surface area contributed by atoms with E-state index in [-0.39, 0.29) is 55.4 Å². The number of benzene rings is 1. The molecule has 386 valence electrons. The highest BCUT2D eigenvalue weighted by atomic mass is 16.5. The van der Waals surface area contributed by atoms with Gasteiger partial charge >= 0.3 is 11.9 Å². The molecule has 7 amide bonds. The molecule has 0 bridgehead atoms. The van der Waals surface area contributed by atoms with Crippen LogP contribution in [-0.2, 0) is 54.3 Å². The van der Waals surface area contributed by atoms with Crippen molar-refractivity contribution in [2.24, 2.45) is 34.2 Å². The third-order valence-electron chi connectivity index (χ3n) is 11.3. The van der Waals surface area contributed by atoms with Gasteiger partial charge in [-0.15, -0.1) is 0 Å². The lowest BCUT2D eigenvalue weighted by atomic mass is 9.94. The number of aliphatic carboxylic acids is 2. The molecule has 1 aliphatic heterocycles. The van der Waals surface area contributed by atoms with E-state index < -0.39 is 115 Å². The highest BCUT2D eigenvalue weighted by Crippen LogP contribution is 2.18. The minimum absolute atomic E-state index is 0.0179. The zero-order chi connectivity index (χ0) is 52.7. The topological polar surface area (TPSA) is 352 Å². The van der Waals surface area contributed by atoms with Crippen LogP contribution >= 0.6 is 0 Å². The minimum atomic E-state index is -1.85. The maximum absolute atomic E-state index is 14.3. The number of ether oxygens (including phenoxy) is 1. The average molecular weight is 981 g/mol. The average Bonchev–Trinajstić information content (AvgIpc) is 3.29. The second kappa shape index (κ2) is 29.7. The van der Waals surface area contributed by atoms with Gasteiger partial charge in [-0.1, -0.05) is 87.9 Å². The van der Waals surface area contributed by atoms with Crippen LogP contribution in [0.1, 0.15) is 92.6 Å². The molecule has 0 spiro atoms. The number of amides is 7. The first-order valence-electron chi connectivity index (χ1n) is 23.2. The molecule has 0 aromatic heterocycles. The lowest BCUT2D eigenvalue weighted by Crippen LogP contribution is -2.57. The molecule has 1 heterocycles. The van der Waals surface area contributed by atoms with Crippen molar-refractivity contribution in [2.75, 3.05) is 13.7 Å². The molecule has 70 heavy (non-hydrogen) atoms. The Balaban J connectivity index is 2.68. The fourth-order valence-corrected chi connectivity index (χ4v) is 7.26. The zero-order valence-corrected chi connectivity index (χ0v) is 41.2. The predicted molar refractivity (Wildman–Crippen MR) is 260 cm³/mol. The summed E-state index contributed by atoms with van der Waals surface area (Å²) in [4.78, 5) is 124.